The van der Waals surface area contributed by atoms with Gasteiger partial charge in [0.2, 0.25) is 0 Å². The Morgan fingerprint density at radius 1 is 1.50 bits per heavy atom. The van der Waals surface area contributed by atoms with Crippen LogP contribution in [-0.4, -0.2) is 39.6 Å². The minimum absolute atomic E-state index is 0.169. The van der Waals surface area contributed by atoms with E-state index in [2.05, 4.69) is 10.3 Å². The number of hydrogen-bond donors (Lipinski definition) is 2. The van der Waals surface area contributed by atoms with Crippen molar-refractivity contribution in [2.24, 2.45) is 0 Å². The summed E-state index contributed by atoms with van der Waals surface area (Å²) >= 11 is 13.1. The highest BCUT2D eigenvalue weighted by Gasteiger charge is 2.32. The van der Waals surface area contributed by atoms with Crippen LogP contribution in [0.15, 0.2) is 12.1 Å². The molecule has 4 nitrogen and oxygen atoms in total. The van der Waals surface area contributed by atoms with Gasteiger partial charge in [-0.2, -0.15) is 11.8 Å². The number of halogens is 2. The van der Waals surface area contributed by atoms with Crippen LogP contribution in [0.25, 0.3) is 0 Å². The number of nitrogens with zero attached hydrogens (tertiary/aromatic N) is 1. The van der Waals surface area contributed by atoms with Gasteiger partial charge in [-0.15, -0.1) is 0 Å². The Bertz CT molecular complexity index is 444. The molecular formula is C11H12Cl2N2O2S. The van der Waals surface area contributed by atoms with Crippen LogP contribution in [0.5, 0.6) is 0 Å². The number of pyridine rings is 1. The SMILES string of the molecule is O=C(NCC1(O)CCSC1)c1cc(Cl)nc(Cl)c1. The molecule has 0 bridgehead atoms. The lowest BCUT2D eigenvalue weighted by Crippen LogP contribution is -2.42. The predicted molar refractivity (Wildman–Crippen MR) is 73.5 cm³/mol. The summed E-state index contributed by atoms with van der Waals surface area (Å²) in [6.45, 7) is 0.233. The van der Waals surface area contributed by atoms with E-state index in [1.165, 1.54) is 12.1 Å². The standard InChI is InChI=1S/C11H12Cl2N2O2S/c12-8-3-7(4-9(13)15-8)10(16)14-5-11(17)1-2-18-6-11/h3-4,17H,1-2,5-6H2,(H,14,16). The molecular weight excluding hydrogens is 295 g/mol. The van der Waals surface area contributed by atoms with Gasteiger partial charge in [-0.1, -0.05) is 23.2 Å². The summed E-state index contributed by atoms with van der Waals surface area (Å²) in [4.78, 5) is 15.6. The minimum Gasteiger partial charge on any atom is -0.387 e. The highest BCUT2D eigenvalue weighted by atomic mass is 35.5. The number of nitrogens with one attached hydrogen (secondary N) is 1. The second-order valence-corrected chi connectivity index (χ2v) is 6.09. The number of aliphatic hydroxyl groups is 1. The van der Waals surface area contributed by atoms with Crippen LogP contribution in [0.4, 0.5) is 0 Å². The summed E-state index contributed by atoms with van der Waals surface area (Å²) in [6.07, 6.45) is 0.690. The van der Waals surface area contributed by atoms with Gasteiger partial charge in [-0.25, -0.2) is 4.98 Å². The van der Waals surface area contributed by atoms with Gasteiger partial charge < -0.3 is 10.4 Å². The van der Waals surface area contributed by atoms with Crippen LogP contribution >= 0.6 is 35.0 Å². The first-order valence-electron chi connectivity index (χ1n) is 5.40. The number of thioether (sulfide) groups is 1. The number of aromatic nitrogens is 1. The lowest BCUT2D eigenvalue weighted by atomic mass is 10.0. The van der Waals surface area contributed by atoms with E-state index in [0.29, 0.717) is 17.7 Å². The summed E-state index contributed by atoms with van der Waals surface area (Å²) in [5, 5.41) is 13.1. The molecule has 1 atom stereocenters. The molecule has 2 heterocycles. The summed E-state index contributed by atoms with van der Waals surface area (Å²) < 4.78 is 0. The van der Waals surface area contributed by atoms with Gasteiger partial charge in [0.15, 0.2) is 0 Å². The van der Waals surface area contributed by atoms with Gasteiger partial charge in [-0.05, 0) is 24.3 Å². The van der Waals surface area contributed by atoms with E-state index in [9.17, 15) is 9.90 Å². The van der Waals surface area contributed by atoms with Crippen LogP contribution in [0.3, 0.4) is 0 Å². The zero-order valence-electron chi connectivity index (χ0n) is 9.45. The fraction of sp³-hybridized carbons (Fsp3) is 0.455. The van der Waals surface area contributed by atoms with Crippen LogP contribution in [0, 0.1) is 0 Å². The summed E-state index contributed by atoms with van der Waals surface area (Å²) in [6, 6.07) is 2.88. The van der Waals surface area contributed by atoms with Gasteiger partial charge in [0.25, 0.3) is 5.91 Å². The van der Waals surface area contributed by atoms with E-state index in [-0.39, 0.29) is 22.8 Å². The molecule has 0 saturated carbocycles. The molecule has 1 aromatic heterocycles. The smallest absolute Gasteiger partial charge is 0.251 e. The molecule has 1 aliphatic rings. The van der Waals surface area contributed by atoms with Crippen molar-refractivity contribution < 1.29 is 9.90 Å². The third-order valence-electron chi connectivity index (χ3n) is 2.69. The fourth-order valence-electron chi connectivity index (χ4n) is 1.68. The van der Waals surface area contributed by atoms with Gasteiger partial charge in [0.1, 0.15) is 10.3 Å². The van der Waals surface area contributed by atoms with Crippen molar-refractivity contribution in [1.29, 1.82) is 0 Å². The number of hydrogen-bond acceptors (Lipinski definition) is 4. The van der Waals surface area contributed by atoms with Crippen molar-refractivity contribution in [3.63, 3.8) is 0 Å². The van der Waals surface area contributed by atoms with E-state index in [0.717, 1.165) is 5.75 Å². The van der Waals surface area contributed by atoms with Crippen LogP contribution < -0.4 is 5.32 Å². The average molecular weight is 307 g/mol. The Morgan fingerprint density at radius 2 is 2.17 bits per heavy atom. The van der Waals surface area contributed by atoms with Crippen LogP contribution in [0.2, 0.25) is 10.3 Å². The highest BCUT2D eigenvalue weighted by Crippen LogP contribution is 2.27. The van der Waals surface area contributed by atoms with E-state index >= 15 is 0 Å². The molecule has 0 aromatic carbocycles. The van der Waals surface area contributed by atoms with Gasteiger partial charge in [-0.3, -0.25) is 4.79 Å². The van der Waals surface area contributed by atoms with Crippen molar-refractivity contribution in [3.05, 3.63) is 28.0 Å². The molecule has 18 heavy (non-hydrogen) atoms. The quantitative estimate of drug-likeness (QED) is 0.838. The second-order valence-electron chi connectivity index (χ2n) is 4.21. The molecule has 2 rings (SSSR count). The number of rotatable bonds is 3. The lowest BCUT2D eigenvalue weighted by Gasteiger charge is -2.21. The maximum atomic E-state index is 11.9. The predicted octanol–water partition coefficient (Wildman–Crippen LogP) is 1.99. The number of amides is 1. The third-order valence-corrected chi connectivity index (χ3v) is 4.31. The number of carbonyl (C=O) groups excluding carboxylic acids is 1. The van der Waals surface area contributed by atoms with E-state index in [4.69, 9.17) is 23.2 Å². The number of carbonyl (C=O) groups is 1. The van der Waals surface area contributed by atoms with Crippen molar-refractivity contribution in [1.82, 2.24) is 10.3 Å². The van der Waals surface area contributed by atoms with Gasteiger partial charge >= 0.3 is 0 Å². The average Bonchev–Trinajstić information content (AvgIpc) is 2.72. The largest absolute Gasteiger partial charge is 0.387 e. The Morgan fingerprint density at radius 3 is 2.72 bits per heavy atom. The topological polar surface area (TPSA) is 62.2 Å². The monoisotopic (exact) mass is 306 g/mol. The van der Waals surface area contributed by atoms with E-state index in [1.54, 1.807) is 11.8 Å². The molecule has 0 radical (unpaired) electrons. The summed E-state index contributed by atoms with van der Waals surface area (Å²) in [7, 11) is 0. The second kappa shape index (κ2) is 5.65. The first-order valence-corrected chi connectivity index (χ1v) is 7.31. The molecule has 1 fully saturated rings. The molecule has 2 N–H and O–H groups in total. The Labute approximate surface area is 119 Å². The Kier molecular flexibility index (Phi) is 4.37. The third kappa shape index (κ3) is 3.51. The first-order chi connectivity index (χ1) is 8.48. The minimum atomic E-state index is -0.805. The summed E-state index contributed by atoms with van der Waals surface area (Å²) in [5.41, 5.74) is -0.463. The Hall–Kier alpha value is -0.490. The molecule has 1 unspecified atom stereocenters. The first kappa shape index (κ1) is 13.9. The Balaban J connectivity index is 1.99. The maximum absolute atomic E-state index is 11.9. The zero-order chi connectivity index (χ0) is 13.2. The normalized spacial score (nSPS) is 23.1. The fourth-order valence-corrected chi connectivity index (χ4v) is 3.43. The molecule has 1 aromatic rings. The molecule has 1 amide bonds. The summed E-state index contributed by atoms with van der Waals surface area (Å²) in [5.74, 6) is 1.25. The molecule has 0 aliphatic carbocycles. The van der Waals surface area contributed by atoms with Gasteiger partial charge in [0.05, 0.1) is 5.60 Å². The van der Waals surface area contributed by atoms with Crippen molar-refractivity contribution in [3.8, 4) is 0 Å². The van der Waals surface area contributed by atoms with Crippen LogP contribution in [0.1, 0.15) is 16.8 Å². The van der Waals surface area contributed by atoms with Crippen LogP contribution in [-0.2, 0) is 0 Å². The molecule has 7 heteroatoms. The molecule has 98 valence electrons. The van der Waals surface area contributed by atoms with E-state index in [1.807, 2.05) is 0 Å². The van der Waals surface area contributed by atoms with E-state index < -0.39 is 5.60 Å². The molecule has 1 aliphatic heterocycles. The van der Waals surface area contributed by atoms with Crippen molar-refractivity contribution in [2.75, 3.05) is 18.1 Å². The van der Waals surface area contributed by atoms with Crippen molar-refractivity contribution in [2.45, 2.75) is 12.0 Å². The highest BCUT2D eigenvalue weighted by molar-refractivity contribution is 7.99. The maximum Gasteiger partial charge on any atom is 0.251 e. The molecule has 1 saturated heterocycles. The molecule has 0 spiro atoms. The lowest BCUT2D eigenvalue weighted by molar-refractivity contribution is 0.0612. The zero-order valence-corrected chi connectivity index (χ0v) is 11.8. The van der Waals surface area contributed by atoms with Gasteiger partial charge in [0, 0.05) is 17.9 Å². The van der Waals surface area contributed by atoms with Crippen molar-refractivity contribution >= 4 is 40.9 Å².